The summed E-state index contributed by atoms with van der Waals surface area (Å²) in [5, 5.41) is 11.1. The zero-order valence-corrected chi connectivity index (χ0v) is 20.0. The van der Waals surface area contributed by atoms with Crippen LogP contribution in [0.1, 0.15) is 78.6 Å². The number of rotatable bonds is 6. The van der Waals surface area contributed by atoms with Gasteiger partial charge in [-0.1, -0.05) is 20.8 Å². The van der Waals surface area contributed by atoms with Crippen molar-refractivity contribution in [1.29, 1.82) is 0 Å². The van der Waals surface area contributed by atoms with Crippen molar-refractivity contribution < 1.29 is 29.1 Å². The fourth-order valence-electron chi connectivity index (χ4n) is 8.21. The van der Waals surface area contributed by atoms with Gasteiger partial charge < -0.3 is 10.4 Å². The first kappa shape index (κ1) is 24.1. The summed E-state index contributed by atoms with van der Waals surface area (Å²) in [5.41, 5.74) is -0.670. The maximum Gasteiger partial charge on any atom is 0.322 e. The number of fused-ring (bicyclic) bond motifs is 5. The lowest BCUT2D eigenvalue weighted by Gasteiger charge is -2.58. The maximum absolute atomic E-state index is 13.7. The topological polar surface area (TPSA) is 118 Å². The normalized spacial score (nSPS) is 41.1. The van der Waals surface area contributed by atoms with Gasteiger partial charge in [0.05, 0.1) is 0 Å². The van der Waals surface area contributed by atoms with E-state index in [1.807, 2.05) is 0 Å². The molecule has 0 aromatic rings. The van der Waals surface area contributed by atoms with Gasteiger partial charge in [0.2, 0.25) is 5.91 Å². The van der Waals surface area contributed by atoms with E-state index >= 15 is 0 Å². The van der Waals surface area contributed by atoms with Gasteiger partial charge in [0.25, 0.3) is 0 Å². The molecule has 0 heterocycles. The first-order valence-electron chi connectivity index (χ1n) is 12.5. The van der Waals surface area contributed by atoms with Crippen LogP contribution in [0.15, 0.2) is 0 Å². The van der Waals surface area contributed by atoms with Crippen LogP contribution in [0.5, 0.6) is 0 Å². The summed E-state index contributed by atoms with van der Waals surface area (Å²) < 4.78 is 0. The molecule has 0 saturated heterocycles. The van der Waals surface area contributed by atoms with Crippen LogP contribution < -0.4 is 5.32 Å². The van der Waals surface area contributed by atoms with Crippen molar-refractivity contribution in [3.63, 3.8) is 0 Å². The largest absolute Gasteiger partial charge is 0.480 e. The summed E-state index contributed by atoms with van der Waals surface area (Å²) in [6.07, 6.45) is 5.27. The fraction of sp³-hybridized carbons (Fsp3) is 0.808. The van der Waals surface area contributed by atoms with Crippen LogP contribution in [0.4, 0.5) is 0 Å². The van der Waals surface area contributed by atoms with Gasteiger partial charge in [-0.15, -0.1) is 0 Å². The quantitative estimate of drug-likeness (QED) is 0.630. The van der Waals surface area contributed by atoms with E-state index in [-0.39, 0.29) is 77.1 Å². The average molecular weight is 460 g/mol. The highest BCUT2D eigenvalue weighted by Crippen LogP contribution is 2.66. The number of carboxylic acids is 1. The molecule has 0 aliphatic heterocycles. The minimum Gasteiger partial charge on any atom is -0.480 e. The van der Waals surface area contributed by atoms with Crippen LogP contribution >= 0.6 is 0 Å². The Hall–Kier alpha value is -2.05. The number of amides is 1. The highest BCUT2D eigenvalue weighted by Gasteiger charge is 2.66. The molecule has 4 saturated carbocycles. The first-order chi connectivity index (χ1) is 15.5. The lowest BCUT2D eigenvalue weighted by Crippen LogP contribution is -2.60. The number of nitrogens with one attached hydrogen (secondary N) is 1. The average Bonchev–Trinajstić information content (AvgIpc) is 3.11. The van der Waals surface area contributed by atoms with Crippen LogP contribution in [-0.4, -0.2) is 40.9 Å². The van der Waals surface area contributed by atoms with Gasteiger partial charge in [-0.3, -0.25) is 24.0 Å². The van der Waals surface area contributed by atoms with Crippen molar-refractivity contribution in [2.75, 3.05) is 6.54 Å². The summed E-state index contributed by atoms with van der Waals surface area (Å²) in [7, 11) is 0. The molecule has 4 aliphatic rings. The number of hydrogen-bond donors (Lipinski definition) is 2. The molecular weight excluding hydrogens is 422 g/mol. The Morgan fingerprint density at radius 2 is 1.82 bits per heavy atom. The number of ketones is 3. The molecule has 0 aromatic carbocycles. The third-order valence-electron chi connectivity index (χ3n) is 10.2. The Kier molecular flexibility index (Phi) is 6.29. The molecule has 4 fully saturated rings. The second-order valence-corrected chi connectivity index (χ2v) is 11.6. The molecule has 8 atom stereocenters. The molecule has 182 valence electrons. The molecule has 33 heavy (non-hydrogen) atoms. The third kappa shape index (κ3) is 3.95. The number of aliphatic carboxylic acids is 1. The molecule has 7 heteroatoms. The zero-order valence-electron chi connectivity index (χ0n) is 20.0. The maximum atomic E-state index is 13.7. The predicted octanol–water partition coefficient (Wildman–Crippen LogP) is 3.19. The second-order valence-electron chi connectivity index (χ2n) is 11.6. The van der Waals surface area contributed by atoms with Gasteiger partial charge in [-0.2, -0.15) is 0 Å². The SMILES string of the molecule is C[C@H](CCC(=O)NCC(=O)O)[C@H]1CC[C@H]2[C@@H]3C(=O)C[C@@H]4CC(=O)CC[C@]4(C)[C@H]3CC(=O)[C@]12C. The standard InChI is InChI=1S/C26H37NO6/c1-14(4-7-22(31)27-13-23(32)33)17-5-6-18-24-19(12-21(30)26(17,18)3)25(2)9-8-16(28)10-15(25)11-20(24)29/h14-15,17-19,24H,4-13H2,1-3H3,(H,27,31)(H,32,33)/t14-,15+,17-,18+,19+,24+,25+,26-/m1/s1. The highest BCUT2D eigenvalue weighted by atomic mass is 16.4. The monoisotopic (exact) mass is 459 g/mol. The summed E-state index contributed by atoms with van der Waals surface area (Å²) in [6.45, 7) is 5.97. The number of hydrogen-bond acceptors (Lipinski definition) is 5. The van der Waals surface area contributed by atoms with Crippen molar-refractivity contribution in [1.82, 2.24) is 5.32 Å². The second kappa shape index (κ2) is 8.62. The molecule has 4 rings (SSSR count). The Morgan fingerprint density at radius 3 is 2.52 bits per heavy atom. The van der Waals surface area contributed by atoms with Gasteiger partial charge in [0.15, 0.2) is 0 Å². The van der Waals surface area contributed by atoms with Crippen molar-refractivity contribution >= 4 is 29.2 Å². The van der Waals surface area contributed by atoms with E-state index in [2.05, 4.69) is 26.1 Å². The van der Waals surface area contributed by atoms with Crippen molar-refractivity contribution in [2.45, 2.75) is 78.6 Å². The van der Waals surface area contributed by atoms with Crippen LogP contribution in [0.2, 0.25) is 0 Å². The Labute approximate surface area is 195 Å². The number of carboxylic acid groups (broad SMARTS) is 1. The van der Waals surface area contributed by atoms with Crippen molar-refractivity contribution in [3.8, 4) is 0 Å². The summed E-state index contributed by atoms with van der Waals surface area (Å²) in [4.78, 5) is 61.9. The lowest BCUT2D eigenvalue weighted by atomic mass is 9.44. The molecular formula is C26H37NO6. The number of carbonyl (C=O) groups is 5. The van der Waals surface area contributed by atoms with Gasteiger partial charge in [0.1, 0.15) is 23.9 Å². The molecule has 0 spiro atoms. The molecule has 7 nitrogen and oxygen atoms in total. The molecule has 0 aromatic heterocycles. The summed E-state index contributed by atoms with van der Waals surface area (Å²) in [6, 6.07) is 0. The van der Waals surface area contributed by atoms with Gasteiger partial charge in [0, 0.05) is 43.4 Å². The summed E-state index contributed by atoms with van der Waals surface area (Å²) >= 11 is 0. The molecule has 1 amide bonds. The predicted molar refractivity (Wildman–Crippen MR) is 120 cm³/mol. The van der Waals surface area contributed by atoms with E-state index in [9.17, 15) is 24.0 Å². The minimum absolute atomic E-state index is 0.0401. The Morgan fingerprint density at radius 1 is 1.09 bits per heavy atom. The van der Waals surface area contributed by atoms with E-state index < -0.39 is 11.4 Å². The van der Waals surface area contributed by atoms with Crippen molar-refractivity contribution in [2.24, 2.45) is 46.3 Å². The zero-order chi connectivity index (χ0) is 24.1. The summed E-state index contributed by atoms with van der Waals surface area (Å²) in [5.74, 6) is -0.293. The molecule has 0 unspecified atom stereocenters. The van der Waals surface area contributed by atoms with Crippen LogP contribution in [0.3, 0.4) is 0 Å². The molecule has 4 aliphatic carbocycles. The molecule has 0 bridgehead atoms. The van der Waals surface area contributed by atoms with E-state index in [1.165, 1.54) is 0 Å². The van der Waals surface area contributed by atoms with E-state index in [0.717, 1.165) is 19.3 Å². The smallest absolute Gasteiger partial charge is 0.322 e. The first-order valence-corrected chi connectivity index (χ1v) is 12.5. The van der Waals surface area contributed by atoms with E-state index in [0.29, 0.717) is 32.1 Å². The van der Waals surface area contributed by atoms with Crippen LogP contribution in [0, 0.1) is 46.3 Å². The van der Waals surface area contributed by atoms with Crippen LogP contribution in [0.25, 0.3) is 0 Å². The highest BCUT2D eigenvalue weighted by molar-refractivity contribution is 5.93. The van der Waals surface area contributed by atoms with Gasteiger partial charge in [-0.25, -0.2) is 0 Å². The van der Waals surface area contributed by atoms with Crippen molar-refractivity contribution in [3.05, 3.63) is 0 Å². The number of carbonyl (C=O) groups excluding carboxylic acids is 4. The molecule has 2 N–H and O–H groups in total. The Bertz CT molecular complexity index is 882. The molecule has 0 radical (unpaired) electrons. The third-order valence-corrected chi connectivity index (χ3v) is 10.2. The van der Waals surface area contributed by atoms with E-state index in [1.54, 1.807) is 0 Å². The Balaban J connectivity index is 1.51. The lowest BCUT2D eigenvalue weighted by molar-refractivity contribution is -0.166. The van der Waals surface area contributed by atoms with E-state index in [4.69, 9.17) is 5.11 Å². The van der Waals surface area contributed by atoms with Gasteiger partial charge >= 0.3 is 5.97 Å². The minimum atomic E-state index is -1.07. The van der Waals surface area contributed by atoms with Crippen LogP contribution in [-0.2, 0) is 24.0 Å². The number of Topliss-reactive ketones (excluding diaryl/α,β-unsaturated/α-hetero) is 3. The fourth-order valence-corrected chi connectivity index (χ4v) is 8.21. The van der Waals surface area contributed by atoms with Gasteiger partial charge in [-0.05, 0) is 60.7 Å².